The van der Waals surface area contributed by atoms with Crippen LogP contribution in [0, 0.1) is 5.82 Å². The number of fused-ring (bicyclic) bond motifs is 1. The summed E-state index contributed by atoms with van der Waals surface area (Å²) in [5.74, 6) is -0.746. The second-order valence-corrected chi connectivity index (χ2v) is 11.4. The summed E-state index contributed by atoms with van der Waals surface area (Å²) in [6, 6.07) is 18.9. The van der Waals surface area contributed by atoms with E-state index in [0.29, 0.717) is 16.3 Å². The minimum Gasteiger partial charge on any atom is -0.458 e. The highest BCUT2D eigenvalue weighted by atomic mass is 32.1. The molecule has 2 aromatic carbocycles. The molecule has 0 N–H and O–H groups in total. The Bertz CT molecular complexity index is 1420. The molecule has 0 spiro atoms. The number of hydrogen-bond acceptors (Lipinski definition) is 6. The number of rotatable bonds is 6. The number of hydrogen-bond donors (Lipinski definition) is 0. The van der Waals surface area contributed by atoms with Gasteiger partial charge in [-0.15, -0.1) is 0 Å². The van der Waals surface area contributed by atoms with Crippen LogP contribution in [0.2, 0.25) is 0 Å². The lowest BCUT2D eigenvalue weighted by molar-refractivity contribution is -0.156. The molecule has 1 atom stereocenters. The fourth-order valence-electron chi connectivity index (χ4n) is 4.44. The van der Waals surface area contributed by atoms with Crippen LogP contribution in [-0.2, 0) is 14.9 Å². The second kappa shape index (κ2) is 8.96. The van der Waals surface area contributed by atoms with Crippen molar-refractivity contribution in [1.82, 2.24) is 9.97 Å². The van der Waals surface area contributed by atoms with Crippen LogP contribution in [-0.4, -0.2) is 34.6 Å². The summed E-state index contributed by atoms with van der Waals surface area (Å²) in [5.41, 5.74) is 3.50. The molecule has 36 heavy (non-hydrogen) atoms. The van der Waals surface area contributed by atoms with Gasteiger partial charge in [0.25, 0.3) is 0 Å². The first kappa shape index (κ1) is 24.4. The van der Waals surface area contributed by atoms with Gasteiger partial charge in [-0.1, -0.05) is 41.7 Å². The zero-order chi connectivity index (χ0) is 25.7. The Morgan fingerprint density at radius 3 is 2.44 bits per heavy atom. The minimum atomic E-state index is -0.581. The maximum absolute atomic E-state index is 15.3. The van der Waals surface area contributed by atoms with Crippen LogP contribution in [0.25, 0.3) is 20.9 Å². The van der Waals surface area contributed by atoms with Crippen LogP contribution < -0.4 is 4.90 Å². The summed E-state index contributed by atoms with van der Waals surface area (Å²) < 4.78 is 20.7. The number of carbonyl (C=O) groups excluding carboxylic acids is 1. The summed E-state index contributed by atoms with van der Waals surface area (Å²) in [7, 11) is 1.76. The van der Waals surface area contributed by atoms with Gasteiger partial charge in [0.1, 0.15) is 32.8 Å². The molecule has 2 aromatic heterocycles. The van der Waals surface area contributed by atoms with Crippen LogP contribution in [0.5, 0.6) is 0 Å². The lowest BCUT2D eigenvalue weighted by Crippen LogP contribution is -2.40. The molecule has 5 rings (SSSR count). The Morgan fingerprint density at radius 2 is 1.81 bits per heavy atom. The molecular formula is C29H30FN3O2S. The fourth-order valence-corrected chi connectivity index (χ4v) is 5.40. The number of thiazole rings is 1. The van der Waals surface area contributed by atoms with E-state index >= 15 is 4.39 Å². The summed E-state index contributed by atoms with van der Waals surface area (Å²) in [5, 5.41) is 0.589. The second-order valence-electron chi connectivity index (χ2n) is 10.5. The van der Waals surface area contributed by atoms with Crippen molar-refractivity contribution in [2.75, 3.05) is 11.9 Å². The van der Waals surface area contributed by atoms with Crippen molar-refractivity contribution in [2.45, 2.75) is 57.6 Å². The number of carbonyl (C=O) groups is 1. The standard InChI is InChI=1S/C29H30FN3O2S/c1-18(27(34)35-28(2,3)4)33(5)20-11-12-21(22(30)17-20)25-31-23-13-14-24(32-26(23)36-25)29(15-16-29)19-9-7-6-8-10-19/h6-14,17-18H,15-16H2,1-5H3/t18-/m1/s1. The molecule has 1 aliphatic carbocycles. The predicted molar refractivity (Wildman–Crippen MR) is 143 cm³/mol. The summed E-state index contributed by atoms with van der Waals surface area (Å²) in [4.78, 5) is 24.6. The molecule has 4 aromatic rings. The average Bonchev–Trinajstić information content (AvgIpc) is 3.55. The lowest BCUT2D eigenvalue weighted by atomic mass is 9.92. The molecule has 0 amide bonds. The monoisotopic (exact) mass is 503 g/mol. The smallest absolute Gasteiger partial charge is 0.328 e. The SMILES string of the molecule is C[C@H](C(=O)OC(C)(C)C)N(C)c1ccc(-c2nc3ccc(C4(c5ccccc5)CC4)nc3s2)c(F)c1. The molecule has 2 heterocycles. The Kier molecular flexibility index (Phi) is 6.07. The number of aromatic nitrogens is 2. The Labute approximate surface area is 215 Å². The topological polar surface area (TPSA) is 55.3 Å². The van der Waals surface area contributed by atoms with Crippen molar-refractivity contribution in [3.05, 3.63) is 77.7 Å². The van der Waals surface area contributed by atoms with Crippen LogP contribution in [0.1, 0.15) is 51.8 Å². The van der Waals surface area contributed by atoms with Crippen molar-refractivity contribution in [1.29, 1.82) is 0 Å². The first-order valence-corrected chi connectivity index (χ1v) is 13.0. The number of ether oxygens (including phenoxy) is 1. The Hall–Kier alpha value is -3.32. The third-order valence-electron chi connectivity index (χ3n) is 6.74. The molecule has 1 fully saturated rings. The van der Waals surface area contributed by atoms with Crippen LogP contribution in [0.15, 0.2) is 60.7 Å². The number of benzene rings is 2. The highest BCUT2D eigenvalue weighted by Gasteiger charge is 2.47. The van der Waals surface area contributed by atoms with Gasteiger partial charge in [0.05, 0.1) is 5.69 Å². The maximum Gasteiger partial charge on any atom is 0.328 e. The van der Waals surface area contributed by atoms with Gasteiger partial charge in [-0.2, -0.15) is 0 Å². The van der Waals surface area contributed by atoms with Gasteiger partial charge in [0.15, 0.2) is 0 Å². The molecule has 1 saturated carbocycles. The zero-order valence-corrected chi connectivity index (χ0v) is 22.0. The molecule has 186 valence electrons. The molecule has 7 heteroatoms. The van der Waals surface area contributed by atoms with Crippen LogP contribution in [0.4, 0.5) is 10.1 Å². The van der Waals surface area contributed by atoms with E-state index in [1.165, 1.54) is 23.0 Å². The largest absolute Gasteiger partial charge is 0.458 e. The number of anilines is 1. The first-order valence-electron chi connectivity index (χ1n) is 12.2. The van der Waals surface area contributed by atoms with Crippen molar-refractivity contribution in [3.63, 3.8) is 0 Å². The molecule has 5 nitrogen and oxygen atoms in total. The van der Waals surface area contributed by atoms with E-state index in [0.717, 1.165) is 28.9 Å². The van der Waals surface area contributed by atoms with E-state index in [-0.39, 0.29) is 11.4 Å². The van der Waals surface area contributed by atoms with Crippen molar-refractivity contribution >= 4 is 33.3 Å². The molecule has 0 radical (unpaired) electrons. The van der Waals surface area contributed by atoms with Crippen molar-refractivity contribution < 1.29 is 13.9 Å². The van der Waals surface area contributed by atoms with Crippen molar-refractivity contribution in [3.8, 4) is 10.6 Å². The summed E-state index contributed by atoms with van der Waals surface area (Å²) in [6.45, 7) is 7.23. The van der Waals surface area contributed by atoms with Gasteiger partial charge in [-0.3, -0.25) is 0 Å². The molecular weight excluding hydrogens is 473 g/mol. The zero-order valence-electron chi connectivity index (χ0n) is 21.2. The maximum atomic E-state index is 15.3. The summed E-state index contributed by atoms with van der Waals surface area (Å²) in [6.07, 6.45) is 2.15. The minimum absolute atomic E-state index is 0.0259. The van der Waals surface area contributed by atoms with Gasteiger partial charge < -0.3 is 9.64 Å². The molecule has 0 bridgehead atoms. The van der Waals surface area contributed by atoms with Gasteiger partial charge in [0.2, 0.25) is 0 Å². The number of likely N-dealkylation sites (N-methyl/N-ethyl adjacent to an activating group) is 1. The number of esters is 1. The fraction of sp³-hybridized carbons (Fsp3) is 0.345. The third-order valence-corrected chi connectivity index (χ3v) is 7.74. The number of nitrogens with zero attached hydrogens (tertiary/aromatic N) is 3. The third kappa shape index (κ3) is 4.60. The predicted octanol–water partition coefficient (Wildman–Crippen LogP) is 6.74. The van der Waals surface area contributed by atoms with E-state index < -0.39 is 17.5 Å². The van der Waals surface area contributed by atoms with E-state index in [9.17, 15) is 4.79 Å². The van der Waals surface area contributed by atoms with Gasteiger partial charge in [-0.25, -0.2) is 19.2 Å². The van der Waals surface area contributed by atoms with Crippen LogP contribution >= 0.6 is 11.3 Å². The molecule has 0 saturated heterocycles. The lowest BCUT2D eigenvalue weighted by Gasteiger charge is -2.29. The van der Waals surface area contributed by atoms with Crippen molar-refractivity contribution in [2.24, 2.45) is 0 Å². The van der Waals surface area contributed by atoms with Gasteiger partial charge in [-0.05, 0) is 76.4 Å². The quantitative estimate of drug-likeness (QED) is 0.273. The molecule has 0 aliphatic heterocycles. The normalized spacial score (nSPS) is 15.5. The highest BCUT2D eigenvalue weighted by molar-refractivity contribution is 7.21. The van der Waals surface area contributed by atoms with E-state index in [4.69, 9.17) is 9.72 Å². The van der Waals surface area contributed by atoms with E-state index in [1.807, 2.05) is 32.9 Å². The van der Waals surface area contributed by atoms with Crippen LogP contribution in [0.3, 0.4) is 0 Å². The Morgan fingerprint density at radius 1 is 1.08 bits per heavy atom. The first-order chi connectivity index (χ1) is 17.1. The van der Waals surface area contributed by atoms with Gasteiger partial charge >= 0.3 is 5.97 Å². The Balaban J connectivity index is 1.40. The van der Waals surface area contributed by atoms with E-state index in [1.54, 1.807) is 31.0 Å². The average molecular weight is 504 g/mol. The molecule has 0 unspecified atom stereocenters. The van der Waals surface area contributed by atoms with E-state index in [2.05, 4.69) is 35.3 Å². The number of pyridine rings is 1. The number of halogens is 1. The highest BCUT2D eigenvalue weighted by Crippen LogP contribution is 2.53. The van der Waals surface area contributed by atoms with Gasteiger partial charge in [0, 0.05) is 23.7 Å². The summed E-state index contributed by atoms with van der Waals surface area (Å²) >= 11 is 1.40. The molecule has 1 aliphatic rings.